The Morgan fingerprint density at radius 1 is 0.432 bits per heavy atom. The number of imidazole rings is 1. The van der Waals surface area contributed by atoms with Crippen molar-refractivity contribution in [2.75, 3.05) is 0 Å². The number of benzene rings is 8. The van der Waals surface area contributed by atoms with Gasteiger partial charge in [0.1, 0.15) is 11.6 Å². The third-order valence-corrected chi connectivity index (χ3v) is 15.3. The molecule has 5 heteroatoms. The molecule has 74 heavy (non-hydrogen) atoms. The molecule has 8 aromatic carbocycles. The van der Waals surface area contributed by atoms with Crippen molar-refractivity contribution < 1.29 is 26.2 Å². The summed E-state index contributed by atoms with van der Waals surface area (Å²) in [5.41, 5.74) is 18.5. The molecule has 0 fully saturated rings. The van der Waals surface area contributed by atoms with Crippen molar-refractivity contribution in [2.45, 2.75) is 92.4 Å². The minimum Gasteiger partial charge on any atom is -0.507 e. The average Bonchev–Trinajstić information content (AvgIpc) is 3.78. The topological polar surface area (TPSA) is 50.9 Å². The number of aromatic hydroxyl groups is 1. The summed E-state index contributed by atoms with van der Waals surface area (Å²) >= 11 is 0. The van der Waals surface area contributed by atoms with Crippen LogP contribution in [-0.2, 0) is 37.3 Å². The third kappa shape index (κ3) is 9.98. The number of hydrogen-bond donors (Lipinski definition) is 1. The van der Waals surface area contributed by atoms with Gasteiger partial charge in [0.15, 0.2) is 0 Å². The summed E-state index contributed by atoms with van der Waals surface area (Å²) in [5.74, 6) is 0.799. The summed E-state index contributed by atoms with van der Waals surface area (Å²) in [7, 11) is 0. The maximum Gasteiger partial charge on any atom is 0.148 e. The molecule has 0 atom stereocenters. The predicted octanol–water partition coefficient (Wildman–Crippen LogP) is 18.5. The van der Waals surface area contributed by atoms with Gasteiger partial charge in [-0.3, -0.25) is 9.55 Å². The number of fused-ring (bicyclic) bond motifs is 1. The number of pyridine rings is 1. The molecule has 374 valence electrons. The molecule has 0 bridgehead atoms. The van der Waals surface area contributed by atoms with E-state index in [9.17, 15) is 5.11 Å². The second-order valence-electron chi connectivity index (χ2n) is 23.3. The van der Waals surface area contributed by atoms with Crippen LogP contribution in [0.25, 0.3) is 95.0 Å². The molecule has 0 unspecified atom stereocenters. The summed E-state index contributed by atoms with van der Waals surface area (Å²) in [6.45, 7) is 25.1. The van der Waals surface area contributed by atoms with Gasteiger partial charge in [0.2, 0.25) is 0 Å². The van der Waals surface area contributed by atoms with E-state index in [1.807, 2.05) is 30.5 Å². The number of phenolic OH excluding ortho intramolecular Hbond substituents is 1. The molecule has 0 saturated carbocycles. The Morgan fingerprint density at radius 2 is 0.986 bits per heavy atom. The Kier molecular flexibility index (Phi) is 14.0. The molecule has 0 aliphatic carbocycles. The summed E-state index contributed by atoms with van der Waals surface area (Å²) in [4.78, 5) is 10.7. The smallest absolute Gasteiger partial charge is 0.148 e. The number of aromatic nitrogens is 3. The Labute approximate surface area is 453 Å². The van der Waals surface area contributed by atoms with E-state index in [2.05, 4.69) is 251 Å². The van der Waals surface area contributed by atoms with Crippen molar-refractivity contribution in [2.24, 2.45) is 5.41 Å². The van der Waals surface area contributed by atoms with E-state index < -0.39 is 0 Å². The first-order valence-corrected chi connectivity index (χ1v) is 25.6. The van der Waals surface area contributed by atoms with Crippen LogP contribution in [0.1, 0.15) is 92.9 Å². The number of hydrogen-bond acceptors (Lipinski definition) is 3. The molecule has 0 radical (unpaired) electrons. The van der Waals surface area contributed by atoms with Gasteiger partial charge in [-0.1, -0.05) is 227 Å². The zero-order valence-corrected chi connectivity index (χ0v) is 46.9. The largest absolute Gasteiger partial charge is 0.507 e. The Balaban J connectivity index is 0.00000672. The van der Waals surface area contributed by atoms with Gasteiger partial charge < -0.3 is 5.11 Å². The van der Waals surface area contributed by atoms with Crippen LogP contribution < -0.4 is 0 Å². The van der Waals surface area contributed by atoms with Crippen molar-refractivity contribution in [3.05, 3.63) is 217 Å². The van der Waals surface area contributed by atoms with Crippen molar-refractivity contribution in [1.82, 2.24) is 14.5 Å². The molecular weight excluding hydrogens is 1080 g/mol. The average molecular weight is 1150 g/mol. The van der Waals surface area contributed by atoms with E-state index in [0.717, 1.165) is 83.6 Å². The van der Waals surface area contributed by atoms with Crippen LogP contribution in [0.4, 0.5) is 0 Å². The standard InChI is InChI=1S/C69H66N3O.Pt/c1-66(2,3)54-34-35-61(57(44-54)47-24-17-13-18-25-47)72-62-29-21-28-56(63(62)71-65(72)59-42-50(45-22-15-12-16-23-45)41-58(64(59)73)48-26-19-14-20-27-48)51-38-52(40-55(39-51)67(4,5)6)60-43-49(36-37-70-60)46-30-32-53(33-31-46)69(10,11)68(7,8)9;/h12-37,39-44,73H,1-11H3;/q-1;. The zero-order chi connectivity index (χ0) is 51.5. The Hall–Kier alpha value is -7.13. The molecule has 10 aromatic rings. The zero-order valence-electron chi connectivity index (χ0n) is 44.6. The van der Waals surface area contributed by atoms with Crippen LogP contribution in [0.3, 0.4) is 0 Å². The van der Waals surface area contributed by atoms with Crippen LogP contribution in [0, 0.1) is 11.5 Å². The van der Waals surface area contributed by atoms with E-state index in [4.69, 9.17) is 9.97 Å². The Morgan fingerprint density at radius 3 is 1.59 bits per heavy atom. The summed E-state index contributed by atoms with van der Waals surface area (Å²) in [6, 6.07) is 70.3. The van der Waals surface area contributed by atoms with Crippen molar-refractivity contribution in [1.29, 1.82) is 0 Å². The van der Waals surface area contributed by atoms with Crippen LogP contribution in [0.5, 0.6) is 5.75 Å². The quantitative estimate of drug-likeness (QED) is 0.147. The van der Waals surface area contributed by atoms with Crippen molar-refractivity contribution >= 4 is 11.0 Å². The van der Waals surface area contributed by atoms with E-state index in [-0.39, 0.29) is 48.5 Å². The number of nitrogens with zero attached hydrogens (tertiary/aromatic N) is 3. The van der Waals surface area contributed by atoms with Gasteiger partial charge in [0.05, 0.1) is 22.3 Å². The maximum absolute atomic E-state index is 12.8. The van der Waals surface area contributed by atoms with Gasteiger partial charge in [-0.25, -0.2) is 4.98 Å². The molecule has 2 heterocycles. The van der Waals surface area contributed by atoms with Crippen LogP contribution in [0.15, 0.2) is 194 Å². The van der Waals surface area contributed by atoms with Gasteiger partial charge in [-0.2, -0.15) is 0 Å². The van der Waals surface area contributed by atoms with E-state index in [1.165, 1.54) is 16.7 Å². The van der Waals surface area contributed by atoms with Gasteiger partial charge in [0.25, 0.3) is 0 Å². The first-order valence-electron chi connectivity index (χ1n) is 25.6. The molecule has 0 aliphatic heterocycles. The molecule has 0 spiro atoms. The summed E-state index contributed by atoms with van der Waals surface area (Å²) in [5, 5.41) is 12.8. The van der Waals surface area contributed by atoms with Crippen molar-refractivity contribution in [3.8, 4) is 89.7 Å². The SMILES string of the molecule is CC(C)(C)c1cc(-c2cc(-c3ccc(C(C)(C)C(C)(C)C)cc3)ccn2)[c-]c(-c2cccc3c2nc(-c2cc(-c4ccccc4)cc(-c4ccccc4)c2O)n3-c2ccc(C(C)(C)C)cc2-c2ccccc2)c1.[Pt]. The minimum atomic E-state index is -0.193. The molecule has 0 saturated heterocycles. The minimum absolute atomic E-state index is 0. The van der Waals surface area contributed by atoms with Gasteiger partial charge in [-0.15, -0.1) is 29.3 Å². The van der Waals surface area contributed by atoms with Crippen LogP contribution in [-0.4, -0.2) is 19.6 Å². The molecule has 1 N–H and O–H groups in total. The fourth-order valence-electron chi connectivity index (χ4n) is 9.78. The van der Waals surface area contributed by atoms with Crippen molar-refractivity contribution in [3.63, 3.8) is 0 Å². The van der Waals surface area contributed by atoms with Gasteiger partial charge in [-0.05, 0) is 103 Å². The number of para-hydroxylation sites is 1. The molecule has 10 rings (SSSR count). The van der Waals surface area contributed by atoms with E-state index >= 15 is 0 Å². The molecule has 0 aliphatic rings. The van der Waals surface area contributed by atoms with Gasteiger partial charge in [0, 0.05) is 44.1 Å². The molecule has 0 amide bonds. The number of phenols is 1. The van der Waals surface area contributed by atoms with Crippen LogP contribution in [0.2, 0.25) is 0 Å². The molecule has 4 nitrogen and oxygen atoms in total. The molecular formula is C69H66N3OPt-. The normalized spacial score (nSPS) is 12.2. The third-order valence-electron chi connectivity index (χ3n) is 15.3. The van der Waals surface area contributed by atoms with E-state index in [0.29, 0.717) is 11.4 Å². The second-order valence-corrected chi connectivity index (χ2v) is 23.3. The Bertz CT molecular complexity index is 3630. The van der Waals surface area contributed by atoms with Gasteiger partial charge >= 0.3 is 0 Å². The molecule has 2 aromatic heterocycles. The summed E-state index contributed by atoms with van der Waals surface area (Å²) < 4.78 is 2.26. The monoisotopic (exact) mass is 1150 g/mol. The first-order chi connectivity index (χ1) is 34.8. The van der Waals surface area contributed by atoms with Crippen LogP contribution >= 0.6 is 0 Å². The fraction of sp³-hybridized carbons (Fsp3) is 0.217. The van der Waals surface area contributed by atoms with E-state index in [1.54, 1.807) is 0 Å². The first kappa shape index (κ1) is 51.8. The maximum atomic E-state index is 12.8. The summed E-state index contributed by atoms with van der Waals surface area (Å²) in [6.07, 6.45) is 1.92. The second kappa shape index (κ2) is 20.0. The number of rotatable bonds is 9. The fourth-order valence-corrected chi connectivity index (χ4v) is 9.78. The predicted molar refractivity (Wildman–Crippen MR) is 307 cm³/mol.